The van der Waals surface area contributed by atoms with Gasteiger partial charge in [-0.1, -0.05) is 68.4 Å². The largest absolute Gasteiger partial charge is 0.393 e. The molecule has 1 amide bonds. The van der Waals surface area contributed by atoms with Crippen LogP contribution >= 0.6 is 11.3 Å². The molecule has 2 fully saturated rings. The second kappa shape index (κ2) is 13.0. The van der Waals surface area contributed by atoms with E-state index < -0.39 is 28.7 Å². The van der Waals surface area contributed by atoms with Crippen LogP contribution in [0, 0.1) is 0 Å². The summed E-state index contributed by atoms with van der Waals surface area (Å²) < 4.78 is 32.8. The highest BCUT2D eigenvalue weighted by molar-refractivity contribution is 7.92. The van der Waals surface area contributed by atoms with E-state index in [0.717, 1.165) is 57.8 Å². The minimum atomic E-state index is -3.42. The van der Waals surface area contributed by atoms with Crippen LogP contribution in [0.1, 0.15) is 94.1 Å². The maximum atomic E-state index is 13.6. The normalized spacial score (nSPS) is 19.2. The molecule has 2 aliphatic rings. The molecule has 0 bridgehead atoms. The van der Waals surface area contributed by atoms with Crippen LogP contribution in [-0.2, 0) is 19.4 Å². The number of ether oxygens (including phenoxy) is 1. The SMILES string of the molecule is O=C(Nc1nc2ccc(C(O)CO)nc2s1)C(OC1CCCCCC1)c1ccc(S(=O)(=O)C2CCCCC2)cc1. The number of benzene rings is 1. The van der Waals surface area contributed by atoms with Crippen molar-refractivity contribution in [3.63, 3.8) is 0 Å². The Balaban J connectivity index is 1.38. The number of carbonyl (C=O) groups is 1. The molecule has 3 aromatic rings. The van der Waals surface area contributed by atoms with Crippen molar-refractivity contribution < 1.29 is 28.2 Å². The van der Waals surface area contributed by atoms with Crippen molar-refractivity contribution in [1.82, 2.24) is 9.97 Å². The zero-order valence-corrected chi connectivity index (χ0v) is 24.1. The highest BCUT2D eigenvalue weighted by Crippen LogP contribution is 2.33. The average molecular weight is 588 g/mol. The maximum Gasteiger partial charge on any atom is 0.259 e. The Bertz CT molecular complexity index is 1390. The summed E-state index contributed by atoms with van der Waals surface area (Å²) in [6.45, 7) is -0.443. The molecule has 2 saturated carbocycles. The van der Waals surface area contributed by atoms with Crippen molar-refractivity contribution in [3.8, 4) is 0 Å². The first kappa shape index (κ1) is 29.1. The van der Waals surface area contributed by atoms with Gasteiger partial charge in [-0.25, -0.2) is 18.4 Å². The molecule has 9 nitrogen and oxygen atoms in total. The molecular weight excluding hydrogens is 550 g/mol. The van der Waals surface area contributed by atoms with E-state index >= 15 is 0 Å². The van der Waals surface area contributed by atoms with E-state index in [1.807, 2.05) is 0 Å². The second-order valence-electron chi connectivity index (χ2n) is 10.8. The lowest BCUT2D eigenvalue weighted by atomic mass is 10.0. The highest BCUT2D eigenvalue weighted by Gasteiger charge is 2.31. The zero-order valence-electron chi connectivity index (χ0n) is 22.5. The number of aromatic nitrogens is 2. The van der Waals surface area contributed by atoms with Crippen molar-refractivity contribution in [2.45, 2.75) is 99.1 Å². The molecule has 11 heteroatoms. The molecule has 0 radical (unpaired) electrons. The van der Waals surface area contributed by atoms with Crippen LogP contribution < -0.4 is 5.32 Å². The first-order valence-corrected chi connectivity index (χ1v) is 16.6. The molecule has 0 spiro atoms. The molecule has 2 aliphatic carbocycles. The first-order chi connectivity index (χ1) is 19.3. The number of amides is 1. The average Bonchev–Trinajstić information content (AvgIpc) is 3.19. The van der Waals surface area contributed by atoms with Gasteiger partial charge in [-0.15, -0.1) is 0 Å². The Morgan fingerprint density at radius 1 is 0.950 bits per heavy atom. The van der Waals surface area contributed by atoms with Crippen molar-refractivity contribution in [1.29, 1.82) is 0 Å². The number of hydrogen-bond donors (Lipinski definition) is 3. The Morgan fingerprint density at radius 2 is 1.60 bits per heavy atom. The topological polar surface area (TPSA) is 139 Å². The van der Waals surface area contributed by atoms with E-state index in [0.29, 0.717) is 39.6 Å². The molecule has 0 aliphatic heterocycles. The molecule has 2 aromatic heterocycles. The van der Waals surface area contributed by atoms with Crippen LogP contribution in [0.3, 0.4) is 0 Å². The number of thiazole rings is 1. The number of rotatable bonds is 9. The molecule has 5 rings (SSSR count). The molecule has 216 valence electrons. The lowest BCUT2D eigenvalue weighted by Crippen LogP contribution is -2.28. The number of aliphatic hydroxyl groups is 2. The van der Waals surface area contributed by atoms with E-state index in [2.05, 4.69) is 15.3 Å². The maximum absolute atomic E-state index is 13.6. The molecule has 2 unspecified atom stereocenters. The number of hydrogen-bond acceptors (Lipinski definition) is 9. The van der Waals surface area contributed by atoms with Crippen molar-refractivity contribution in [3.05, 3.63) is 47.7 Å². The smallest absolute Gasteiger partial charge is 0.259 e. The number of fused-ring (bicyclic) bond motifs is 1. The molecule has 1 aromatic carbocycles. The van der Waals surface area contributed by atoms with Crippen LogP contribution in [-0.4, -0.2) is 52.5 Å². The number of sulfone groups is 1. The van der Waals surface area contributed by atoms with E-state index in [9.17, 15) is 23.4 Å². The Hall–Kier alpha value is -2.44. The molecule has 0 saturated heterocycles. The van der Waals surface area contributed by atoms with Crippen LogP contribution in [0.5, 0.6) is 0 Å². The predicted molar refractivity (Wildman–Crippen MR) is 154 cm³/mol. The van der Waals surface area contributed by atoms with Crippen LogP contribution in [0.4, 0.5) is 5.13 Å². The fourth-order valence-corrected chi connectivity index (χ4v) is 8.30. The number of anilines is 1. The summed E-state index contributed by atoms with van der Waals surface area (Å²) in [4.78, 5) is 23.3. The van der Waals surface area contributed by atoms with Gasteiger partial charge in [0.15, 0.2) is 21.1 Å². The summed E-state index contributed by atoms with van der Waals surface area (Å²) >= 11 is 1.17. The molecular formula is C29H37N3O6S2. The van der Waals surface area contributed by atoms with Gasteiger partial charge in [0.1, 0.15) is 16.5 Å². The molecule has 2 atom stereocenters. The highest BCUT2D eigenvalue weighted by atomic mass is 32.2. The Labute approximate surface area is 238 Å². The molecule has 2 heterocycles. The quantitative estimate of drug-likeness (QED) is 0.289. The third kappa shape index (κ3) is 6.71. The van der Waals surface area contributed by atoms with Gasteiger partial charge in [-0.2, -0.15) is 0 Å². The minimum absolute atomic E-state index is 0.0662. The molecule has 40 heavy (non-hydrogen) atoms. The Morgan fingerprint density at radius 3 is 2.27 bits per heavy atom. The van der Waals surface area contributed by atoms with Gasteiger partial charge in [-0.05, 0) is 55.5 Å². The minimum Gasteiger partial charge on any atom is -0.393 e. The van der Waals surface area contributed by atoms with Gasteiger partial charge < -0.3 is 14.9 Å². The summed E-state index contributed by atoms with van der Waals surface area (Å²) in [6.07, 6.45) is 8.38. The second-order valence-corrected chi connectivity index (χ2v) is 14.0. The summed E-state index contributed by atoms with van der Waals surface area (Å²) in [5.74, 6) is -0.387. The van der Waals surface area contributed by atoms with Crippen LogP contribution in [0.15, 0.2) is 41.3 Å². The van der Waals surface area contributed by atoms with Gasteiger partial charge >= 0.3 is 0 Å². The van der Waals surface area contributed by atoms with Gasteiger partial charge in [0.05, 0.1) is 28.6 Å². The lowest BCUT2D eigenvalue weighted by molar-refractivity contribution is -0.132. The summed E-state index contributed by atoms with van der Waals surface area (Å²) in [6, 6.07) is 9.87. The van der Waals surface area contributed by atoms with E-state index in [1.54, 1.807) is 36.4 Å². The van der Waals surface area contributed by atoms with Crippen molar-refractivity contribution in [2.24, 2.45) is 0 Å². The fraction of sp³-hybridized carbons (Fsp3) is 0.552. The first-order valence-electron chi connectivity index (χ1n) is 14.2. The third-order valence-electron chi connectivity index (χ3n) is 7.89. The standard InChI is InChI=1S/C29H37N3O6S2/c33-18-25(34)23-16-17-24-28(30-23)39-29(31-24)32-27(35)26(38-20-8-4-1-2-5-9-20)19-12-14-22(15-13-19)40(36,37)21-10-6-3-7-11-21/h12-17,20-21,25-26,33-34H,1-11,18H2,(H,31,32,35). The van der Waals surface area contributed by atoms with Gasteiger partial charge in [0.2, 0.25) is 0 Å². The van der Waals surface area contributed by atoms with E-state index in [-0.39, 0.29) is 22.2 Å². The van der Waals surface area contributed by atoms with E-state index in [1.165, 1.54) is 11.3 Å². The monoisotopic (exact) mass is 587 g/mol. The fourth-order valence-electron chi connectivity index (χ4n) is 5.60. The number of nitrogens with one attached hydrogen (secondary N) is 1. The third-order valence-corrected chi connectivity index (χ3v) is 11.1. The lowest BCUT2D eigenvalue weighted by Gasteiger charge is -2.24. The predicted octanol–water partition coefficient (Wildman–Crippen LogP) is 5.24. The number of pyridine rings is 1. The number of nitrogens with zero attached hydrogens (tertiary/aromatic N) is 2. The zero-order chi connectivity index (χ0) is 28.1. The van der Waals surface area contributed by atoms with Gasteiger partial charge in [-0.3, -0.25) is 10.1 Å². The van der Waals surface area contributed by atoms with Crippen molar-refractivity contribution in [2.75, 3.05) is 11.9 Å². The van der Waals surface area contributed by atoms with Crippen LogP contribution in [0.2, 0.25) is 0 Å². The van der Waals surface area contributed by atoms with Gasteiger partial charge in [0, 0.05) is 0 Å². The van der Waals surface area contributed by atoms with Gasteiger partial charge in [0.25, 0.3) is 5.91 Å². The van der Waals surface area contributed by atoms with E-state index in [4.69, 9.17) is 4.74 Å². The molecule has 3 N–H and O–H groups in total. The van der Waals surface area contributed by atoms with Crippen molar-refractivity contribution >= 4 is 42.6 Å². The number of aliphatic hydroxyl groups excluding tert-OH is 2. The summed E-state index contributed by atoms with van der Waals surface area (Å²) in [7, 11) is -3.42. The van der Waals surface area contributed by atoms with Crippen LogP contribution in [0.25, 0.3) is 10.3 Å². The number of carbonyl (C=O) groups excluding carboxylic acids is 1. The Kier molecular flexibility index (Phi) is 9.47. The summed E-state index contributed by atoms with van der Waals surface area (Å²) in [5.41, 5.74) is 1.49. The summed E-state index contributed by atoms with van der Waals surface area (Å²) in [5, 5.41) is 22.0.